The number of rotatable bonds is 7. The van der Waals surface area contributed by atoms with Gasteiger partial charge in [0.05, 0.1) is 19.8 Å². The van der Waals surface area contributed by atoms with Crippen molar-refractivity contribution >= 4 is 41.7 Å². The van der Waals surface area contributed by atoms with Gasteiger partial charge in [-0.3, -0.25) is 4.90 Å². The van der Waals surface area contributed by atoms with Crippen LogP contribution in [0.5, 0.6) is 0 Å². The molecule has 26 heavy (non-hydrogen) atoms. The summed E-state index contributed by atoms with van der Waals surface area (Å²) in [6.45, 7) is 12.6. The van der Waals surface area contributed by atoms with Crippen molar-refractivity contribution in [1.82, 2.24) is 15.5 Å². The number of thioether (sulfide) groups is 1. The van der Waals surface area contributed by atoms with Gasteiger partial charge >= 0.3 is 0 Å². The van der Waals surface area contributed by atoms with E-state index in [1.165, 1.54) is 16.0 Å². The summed E-state index contributed by atoms with van der Waals surface area (Å²) >= 11 is 1.78. The van der Waals surface area contributed by atoms with E-state index in [9.17, 15) is 0 Å². The van der Waals surface area contributed by atoms with Crippen molar-refractivity contribution < 1.29 is 4.74 Å². The van der Waals surface area contributed by atoms with Gasteiger partial charge in [0.1, 0.15) is 0 Å². The maximum atomic E-state index is 5.43. The third kappa shape index (κ3) is 7.62. The topological polar surface area (TPSA) is 48.9 Å². The number of hydrogen-bond acceptors (Lipinski definition) is 4. The van der Waals surface area contributed by atoms with Gasteiger partial charge < -0.3 is 15.4 Å². The van der Waals surface area contributed by atoms with Gasteiger partial charge in [-0.2, -0.15) is 0 Å². The van der Waals surface area contributed by atoms with Crippen LogP contribution >= 0.6 is 35.7 Å². The predicted octanol–water partition coefficient (Wildman–Crippen LogP) is 3.11. The number of morpholine rings is 1. The van der Waals surface area contributed by atoms with Crippen LogP contribution in [0.4, 0.5) is 0 Å². The lowest BCUT2D eigenvalue weighted by atomic mass is 10.1. The van der Waals surface area contributed by atoms with E-state index in [0.29, 0.717) is 12.6 Å². The minimum Gasteiger partial charge on any atom is -0.379 e. The molecule has 1 unspecified atom stereocenters. The van der Waals surface area contributed by atoms with Gasteiger partial charge in [-0.15, -0.1) is 35.7 Å². The summed E-state index contributed by atoms with van der Waals surface area (Å²) in [6, 6.07) is 7.04. The van der Waals surface area contributed by atoms with Crippen molar-refractivity contribution in [1.29, 1.82) is 0 Å². The van der Waals surface area contributed by atoms with Crippen LogP contribution in [0.25, 0.3) is 0 Å². The van der Waals surface area contributed by atoms with Crippen LogP contribution in [0.3, 0.4) is 0 Å². The Hall–Kier alpha value is -0.510. The van der Waals surface area contributed by atoms with Crippen molar-refractivity contribution in [2.45, 2.75) is 38.3 Å². The second-order valence-electron chi connectivity index (χ2n) is 6.39. The smallest absolute Gasteiger partial charge is 0.191 e. The molecule has 0 spiro atoms. The molecule has 1 fully saturated rings. The van der Waals surface area contributed by atoms with E-state index in [0.717, 1.165) is 45.4 Å². The molecule has 2 N–H and O–H groups in total. The Labute approximate surface area is 179 Å². The van der Waals surface area contributed by atoms with Crippen molar-refractivity contribution in [2.75, 3.05) is 45.6 Å². The molecule has 1 aliphatic rings. The number of nitrogens with one attached hydrogen (secondary N) is 2. The van der Waals surface area contributed by atoms with Gasteiger partial charge in [-0.1, -0.05) is 12.1 Å². The number of nitrogens with zero attached hydrogens (tertiary/aromatic N) is 2. The summed E-state index contributed by atoms with van der Waals surface area (Å²) < 4.78 is 5.43. The lowest BCUT2D eigenvalue weighted by Crippen LogP contribution is -2.49. The Bertz CT molecular complexity index is 564. The lowest BCUT2D eigenvalue weighted by Gasteiger charge is -2.32. The molecule has 1 aromatic rings. The lowest BCUT2D eigenvalue weighted by molar-refractivity contribution is 0.0211. The molecule has 0 aliphatic carbocycles. The molecule has 2 rings (SSSR count). The fourth-order valence-electron chi connectivity index (χ4n) is 2.88. The molecule has 0 radical (unpaired) electrons. The summed E-state index contributed by atoms with van der Waals surface area (Å²) in [6.07, 6.45) is 2.12. The van der Waals surface area contributed by atoms with Crippen molar-refractivity contribution in [3.05, 3.63) is 29.3 Å². The third-order valence-electron chi connectivity index (χ3n) is 4.43. The molecule has 148 valence electrons. The monoisotopic (exact) mass is 492 g/mol. The van der Waals surface area contributed by atoms with Crippen LogP contribution < -0.4 is 10.6 Å². The molecule has 7 heteroatoms. The highest BCUT2D eigenvalue weighted by Crippen LogP contribution is 2.22. The number of aliphatic imine (C=N–C) groups is 1. The highest BCUT2D eigenvalue weighted by atomic mass is 127. The number of halogens is 1. The van der Waals surface area contributed by atoms with Crippen LogP contribution in [0.1, 0.15) is 25.0 Å². The molecule has 1 atom stereocenters. The maximum Gasteiger partial charge on any atom is 0.191 e. The van der Waals surface area contributed by atoms with Crippen LogP contribution in [-0.4, -0.2) is 62.5 Å². The number of ether oxygens (including phenoxy) is 1. The van der Waals surface area contributed by atoms with Crippen LogP contribution in [0.15, 0.2) is 28.1 Å². The van der Waals surface area contributed by atoms with E-state index in [4.69, 9.17) is 9.73 Å². The molecule has 1 aromatic carbocycles. The Morgan fingerprint density at radius 2 is 2.04 bits per heavy atom. The predicted molar refractivity (Wildman–Crippen MR) is 123 cm³/mol. The summed E-state index contributed by atoms with van der Waals surface area (Å²) in [5.41, 5.74) is 2.57. The van der Waals surface area contributed by atoms with E-state index in [-0.39, 0.29) is 24.0 Å². The van der Waals surface area contributed by atoms with E-state index in [2.05, 4.69) is 60.8 Å². The van der Waals surface area contributed by atoms with E-state index in [1.54, 1.807) is 11.8 Å². The first-order valence-corrected chi connectivity index (χ1v) is 10.3. The molecule has 1 heterocycles. The molecular formula is C19H33IN4OS. The van der Waals surface area contributed by atoms with Crippen molar-refractivity contribution in [3.63, 3.8) is 0 Å². The molecule has 0 saturated carbocycles. The minimum atomic E-state index is 0. The summed E-state index contributed by atoms with van der Waals surface area (Å²) in [5.74, 6) is 0.884. The number of benzene rings is 1. The van der Waals surface area contributed by atoms with E-state index >= 15 is 0 Å². The third-order valence-corrected chi connectivity index (χ3v) is 5.25. The molecule has 0 bridgehead atoms. The normalized spacial score (nSPS) is 16.7. The first-order chi connectivity index (χ1) is 12.1. The molecule has 5 nitrogen and oxygen atoms in total. The Morgan fingerprint density at radius 3 is 2.69 bits per heavy atom. The molecular weight excluding hydrogens is 459 g/mol. The van der Waals surface area contributed by atoms with E-state index < -0.39 is 0 Å². The Balaban J connectivity index is 0.00000338. The average molecular weight is 492 g/mol. The second-order valence-corrected chi connectivity index (χ2v) is 7.24. The van der Waals surface area contributed by atoms with Crippen LogP contribution in [0, 0.1) is 6.92 Å². The van der Waals surface area contributed by atoms with Crippen LogP contribution in [-0.2, 0) is 11.3 Å². The second kappa shape index (κ2) is 12.8. The number of guanidine groups is 1. The first-order valence-electron chi connectivity index (χ1n) is 9.11. The largest absolute Gasteiger partial charge is 0.379 e. The highest BCUT2D eigenvalue weighted by Gasteiger charge is 2.17. The molecule has 0 amide bonds. The minimum absolute atomic E-state index is 0. The first kappa shape index (κ1) is 23.5. The van der Waals surface area contributed by atoms with Gasteiger partial charge in [-0.25, -0.2) is 4.99 Å². The standard InChI is InChI=1S/C19H32N4OS.HI/c1-5-20-19(21-13-16(3)23-8-10-24-11-9-23)22-14-17-7-6-15(2)12-18(17)25-4;/h6-7,12,16H,5,8-11,13-14H2,1-4H3,(H2,20,21,22);1H. The Morgan fingerprint density at radius 1 is 1.31 bits per heavy atom. The zero-order chi connectivity index (χ0) is 18.1. The highest BCUT2D eigenvalue weighted by molar-refractivity contribution is 14.0. The number of hydrogen-bond donors (Lipinski definition) is 2. The average Bonchev–Trinajstić information content (AvgIpc) is 2.65. The number of aryl methyl sites for hydroxylation is 1. The van der Waals surface area contributed by atoms with Gasteiger partial charge in [0, 0.05) is 37.1 Å². The fraction of sp³-hybridized carbons (Fsp3) is 0.632. The maximum absolute atomic E-state index is 5.43. The Kier molecular flexibility index (Phi) is 11.6. The quantitative estimate of drug-likeness (QED) is 0.265. The summed E-state index contributed by atoms with van der Waals surface area (Å²) in [5, 5.41) is 6.84. The van der Waals surface area contributed by atoms with Crippen molar-refractivity contribution in [3.8, 4) is 0 Å². The molecule has 1 aliphatic heterocycles. The fourth-order valence-corrected chi connectivity index (χ4v) is 3.58. The van der Waals surface area contributed by atoms with Crippen LogP contribution in [0.2, 0.25) is 0 Å². The SMILES string of the molecule is CCNC(=NCc1ccc(C)cc1SC)NCC(C)N1CCOCC1.I. The van der Waals surface area contributed by atoms with E-state index in [1.807, 2.05) is 0 Å². The summed E-state index contributed by atoms with van der Waals surface area (Å²) in [7, 11) is 0. The molecule has 0 aromatic heterocycles. The van der Waals surface area contributed by atoms with Gasteiger partial charge in [0.15, 0.2) is 5.96 Å². The van der Waals surface area contributed by atoms with Gasteiger partial charge in [-0.05, 0) is 44.2 Å². The zero-order valence-electron chi connectivity index (χ0n) is 16.4. The zero-order valence-corrected chi connectivity index (χ0v) is 19.5. The molecule has 1 saturated heterocycles. The van der Waals surface area contributed by atoms with Gasteiger partial charge in [0.2, 0.25) is 0 Å². The van der Waals surface area contributed by atoms with Gasteiger partial charge in [0.25, 0.3) is 0 Å². The summed E-state index contributed by atoms with van der Waals surface area (Å²) in [4.78, 5) is 8.55. The van der Waals surface area contributed by atoms with Crippen molar-refractivity contribution in [2.24, 2.45) is 4.99 Å².